The molecule has 6 nitrogen and oxygen atoms in total. The van der Waals surface area contributed by atoms with Gasteiger partial charge in [0, 0.05) is 19.2 Å². The maximum absolute atomic E-state index is 12.6. The monoisotopic (exact) mass is 348 g/mol. The molecule has 2 amide bonds. The Morgan fingerprint density at radius 3 is 2.36 bits per heavy atom. The summed E-state index contributed by atoms with van der Waals surface area (Å²) in [5.74, 6) is 0.720. The molecule has 0 aromatic heterocycles. The third kappa shape index (κ3) is 4.65. The van der Waals surface area contributed by atoms with Crippen LogP contribution in [-0.4, -0.2) is 44.0 Å². The summed E-state index contributed by atoms with van der Waals surface area (Å²) in [5, 5.41) is 2.87. The fourth-order valence-corrected chi connectivity index (χ4v) is 2.99. The highest BCUT2D eigenvalue weighted by atomic mass is 16.5. The van der Waals surface area contributed by atoms with E-state index in [2.05, 4.69) is 19.2 Å². The van der Waals surface area contributed by atoms with Gasteiger partial charge in [0.1, 0.15) is 11.5 Å². The number of hydrogen-bond acceptors (Lipinski definition) is 4. The number of anilines is 1. The van der Waals surface area contributed by atoms with E-state index in [0.717, 1.165) is 25.9 Å². The quantitative estimate of drug-likeness (QED) is 0.745. The normalized spacial score (nSPS) is 18.4. The lowest BCUT2D eigenvalue weighted by atomic mass is 10.2. The topological polar surface area (TPSA) is 67.9 Å². The number of hydrogen-bond donors (Lipinski definition) is 1. The molecule has 2 atom stereocenters. The summed E-state index contributed by atoms with van der Waals surface area (Å²) < 4.78 is 10.4. The molecule has 0 heterocycles. The second kappa shape index (κ2) is 8.74. The average Bonchev–Trinajstić information content (AvgIpc) is 3.42. The van der Waals surface area contributed by atoms with Crippen molar-refractivity contribution in [3.8, 4) is 11.5 Å². The number of ether oxygens (including phenoxy) is 2. The summed E-state index contributed by atoms with van der Waals surface area (Å²) in [5.41, 5.74) is 0.588. The van der Waals surface area contributed by atoms with E-state index in [1.54, 1.807) is 32.4 Å². The zero-order valence-corrected chi connectivity index (χ0v) is 15.5. The van der Waals surface area contributed by atoms with Crippen LogP contribution in [0.25, 0.3) is 0 Å². The average molecular weight is 348 g/mol. The van der Waals surface area contributed by atoms with Crippen molar-refractivity contribution in [1.82, 2.24) is 4.90 Å². The van der Waals surface area contributed by atoms with Gasteiger partial charge in [-0.1, -0.05) is 13.8 Å². The summed E-state index contributed by atoms with van der Waals surface area (Å²) in [6, 6.07) is 5.22. The van der Waals surface area contributed by atoms with Gasteiger partial charge in [-0.25, -0.2) is 0 Å². The molecule has 6 heteroatoms. The van der Waals surface area contributed by atoms with Crippen LogP contribution in [0.5, 0.6) is 11.5 Å². The minimum atomic E-state index is -0.254. The van der Waals surface area contributed by atoms with Crippen molar-refractivity contribution < 1.29 is 19.1 Å². The van der Waals surface area contributed by atoms with Crippen LogP contribution in [0.15, 0.2) is 18.2 Å². The summed E-state index contributed by atoms with van der Waals surface area (Å²) in [4.78, 5) is 26.9. The molecule has 1 aliphatic rings. The molecule has 0 saturated heterocycles. The molecule has 25 heavy (non-hydrogen) atoms. The largest absolute Gasteiger partial charge is 0.497 e. The molecule has 0 aliphatic heterocycles. The van der Waals surface area contributed by atoms with E-state index < -0.39 is 0 Å². The first kappa shape index (κ1) is 19.1. The predicted octanol–water partition coefficient (Wildman–Crippen LogP) is 2.93. The molecule has 138 valence electrons. The number of carbonyl (C=O) groups is 2. The Labute approximate surface area is 149 Å². The number of amides is 2. The molecule has 1 saturated carbocycles. The van der Waals surface area contributed by atoms with Gasteiger partial charge in [0.15, 0.2) is 0 Å². The van der Waals surface area contributed by atoms with Crippen LogP contribution in [0, 0.1) is 11.8 Å². The lowest BCUT2D eigenvalue weighted by Gasteiger charge is -2.21. The highest BCUT2D eigenvalue weighted by molar-refractivity contribution is 6.00. The Morgan fingerprint density at radius 1 is 1.12 bits per heavy atom. The van der Waals surface area contributed by atoms with Crippen molar-refractivity contribution in [3.05, 3.63) is 18.2 Å². The lowest BCUT2D eigenvalue weighted by Crippen LogP contribution is -2.34. The van der Waals surface area contributed by atoms with Gasteiger partial charge in [-0.3, -0.25) is 9.59 Å². The number of rotatable bonds is 9. The Kier molecular flexibility index (Phi) is 6.67. The molecular formula is C19H28N2O4. The standard InChI is InChI=1S/C19H28N2O4/c1-5-9-21(10-6-2)19(23)15-12-14(15)18(22)20-16-8-7-13(24-3)11-17(16)25-4/h7-8,11,14-15H,5-6,9-10,12H2,1-4H3,(H,20,22). The van der Waals surface area contributed by atoms with Crippen molar-refractivity contribution in [1.29, 1.82) is 0 Å². The lowest BCUT2D eigenvalue weighted by molar-refractivity contribution is -0.134. The third-order valence-corrected chi connectivity index (χ3v) is 4.41. The third-order valence-electron chi connectivity index (χ3n) is 4.41. The molecule has 1 N–H and O–H groups in total. The van der Waals surface area contributed by atoms with Gasteiger partial charge >= 0.3 is 0 Å². The molecule has 0 radical (unpaired) electrons. The van der Waals surface area contributed by atoms with Crippen LogP contribution in [0.1, 0.15) is 33.1 Å². The van der Waals surface area contributed by atoms with Crippen molar-refractivity contribution in [2.45, 2.75) is 33.1 Å². The molecule has 2 rings (SSSR count). The van der Waals surface area contributed by atoms with Crippen LogP contribution in [0.3, 0.4) is 0 Å². The van der Waals surface area contributed by atoms with E-state index in [1.165, 1.54) is 0 Å². The SMILES string of the molecule is CCCN(CCC)C(=O)C1CC1C(=O)Nc1ccc(OC)cc1OC. The van der Waals surface area contributed by atoms with Crippen LogP contribution in [0.2, 0.25) is 0 Å². The first-order valence-corrected chi connectivity index (χ1v) is 8.87. The van der Waals surface area contributed by atoms with Gasteiger partial charge in [-0.15, -0.1) is 0 Å². The number of nitrogens with one attached hydrogen (secondary N) is 1. The van der Waals surface area contributed by atoms with E-state index in [1.807, 2.05) is 4.90 Å². The van der Waals surface area contributed by atoms with Gasteiger partial charge in [0.05, 0.1) is 31.7 Å². The van der Waals surface area contributed by atoms with Gasteiger partial charge < -0.3 is 19.7 Å². The van der Waals surface area contributed by atoms with Crippen molar-refractivity contribution in [3.63, 3.8) is 0 Å². The molecule has 2 unspecified atom stereocenters. The van der Waals surface area contributed by atoms with E-state index >= 15 is 0 Å². The van der Waals surface area contributed by atoms with Crippen molar-refractivity contribution >= 4 is 17.5 Å². The smallest absolute Gasteiger partial charge is 0.228 e. The summed E-state index contributed by atoms with van der Waals surface area (Å²) in [6.45, 7) is 5.62. The summed E-state index contributed by atoms with van der Waals surface area (Å²) in [6.07, 6.45) is 2.48. The Bertz CT molecular complexity index is 611. The maximum Gasteiger partial charge on any atom is 0.228 e. The van der Waals surface area contributed by atoms with Gasteiger partial charge in [-0.2, -0.15) is 0 Å². The number of nitrogens with zero attached hydrogens (tertiary/aromatic N) is 1. The maximum atomic E-state index is 12.6. The Hall–Kier alpha value is -2.24. The molecule has 0 bridgehead atoms. The fraction of sp³-hybridized carbons (Fsp3) is 0.579. The minimum absolute atomic E-state index is 0.102. The van der Waals surface area contributed by atoms with Crippen molar-refractivity contribution in [2.24, 2.45) is 11.8 Å². The zero-order chi connectivity index (χ0) is 18.4. The van der Waals surface area contributed by atoms with E-state index in [-0.39, 0.29) is 23.7 Å². The Morgan fingerprint density at radius 2 is 1.80 bits per heavy atom. The van der Waals surface area contributed by atoms with Gasteiger partial charge in [0.2, 0.25) is 11.8 Å². The first-order valence-electron chi connectivity index (χ1n) is 8.87. The number of benzene rings is 1. The molecule has 0 spiro atoms. The molecule has 1 fully saturated rings. The molecule has 1 aromatic rings. The summed E-state index contributed by atoms with van der Waals surface area (Å²) in [7, 11) is 3.12. The molecule has 1 aliphatic carbocycles. The minimum Gasteiger partial charge on any atom is -0.497 e. The Balaban J connectivity index is 1.98. The van der Waals surface area contributed by atoms with Crippen molar-refractivity contribution in [2.75, 3.05) is 32.6 Å². The summed E-state index contributed by atoms with van der Waals surface area (Å²) >= 11 is 0. The number of methoxy groups -OCH3 is 2. The molecular weight excluding hydrogens is 320 g/mol. The first-order chi connectivity index (χ1) is 12.0. The van der Waals surface area contributed by atoms with Crippen LogP contribution in [0.4, 0.5) is 5.69 Å². The second-order valence-electron chi connectivity index (χ2n) is 6.33. The van der Waals surface area contributed by atoms with E-state index in [9.17, 15) is 9.59 Å². The van der Waals surface area contributed by atoms with Gasteiger partial charge in [-0.05, 0) is 31.4 Å². The van der Waals surface area contributed by atoms with Crippen LogP contribution < -0.4 is 14.8 Å². The van der Waals surface area contributed by atoms with Gasteiger partial charge in [0.25, 0.3) is 0 Å². The van der Waals surface area contributed by atoms with E-state index in [0.29, 0.717) is 23.6 Å². The van der Waals surface area contributed by atoms with E-state index in [4.69, 9.17) is 9.47 Å². The van der Waals surface area contributed by atoms with Crippen LogP contribution in [-0.2, 0) is 9.59 Å². The highest BCUT2D eigenvalue weighted by Crippen LogP contribution is 2.41. The number of carbonyl (C=O) groups excluding carboxylic acids is 2. The molecule has 1 aromatic carbocycles. The zero-order valence-electron chi connectivity index (χ0n) is 15.5. The fourth-order valence-electron chi connectivity index (χ4n) is 2.99. The van der Waals surface area contributed by atoms with Crippen LogP contribution >= 0.6 is 0 Å². The predicted molar refractivity (Wildman–Crippen MR) is 96.9 cm³/mol. The second-order valence-corrected chi connectivity index (χ2v) is 6.33. The highest BCUT2D eigenvalue weighted by Gasteiger charge is 2.49.